The summed E-state index contributed by atoms with van der Waals surface area (Å²) in [4.78, 5) is 10.6. The second kappa shape index (κ2) is 6.43. The molecule has 2 aromatic carbocycles. The number of carboxylic acids is 1. The van der Waals surface area contributed by atoms with E-state index in [-0.39, 0.29) is 12.2 Å². The lowest BCUT2D eigenvalue weighted by molar-refractivity contribution is -0.133. The van der Waals surface area contributed by atoms with Crippen LogP contribution >= 0.6 is 0 Å². The number of carbonyl (C=O) groups is 1. The average molecular weight is 269 g/mol. The van der Waals surface area contributed by atoms with Crippen molar-refractivity contribution < 1.29 is 14.6 Å². The van der Waals surface area contributed by atoms with E-state index in [0.29, 0.717) is 5.75 Å². The Labute approximate surface area is 117 Å². The third-order valence-corrected chi connectivity index (χ3v) is 2.63. The van der Waals surface area contributed by atoms with Crippen molar-refractivity contribution in [2.75, 3.05) is 11.9 Å². The first-order chi connectivity index (χ1) is 9.65. The Morgan fingerprint density at radius 2 is 1.65 bits per heavy atom. The molecule has 2 rings (SSSR count). The van der Waals surface area contributed by atoms with E-state index in [4.69, 9.17) is 9.84 Å². The molecule has 0 unspecified atom stereocenters. The number of nitrogens with one attached hydrogen (secondary N) is 1. The Hall–Kier alpha value is -2.75. The molecule has 2 N–H and O–H groups in total. The van der Waals surface area contributed by atoms with Crippen LogP contribution in [0.25, 0.3) is 0 Å². The minimum absolute atomic E-state index is 0.0245. The Bertz CT molecular complexity index is 591. The Morgan fingerprint density at radius 1 is 1.05 bits per heavy atom. The van der Waals surface area contributed by atoms with Crippen molar-refractivity contribution in [3.63, 3.8) is 0 Å². The van der Waals surface area contributed by atoms with Crippen molar-refractivity contribution in [1.82, 2.24) is 0 Å². The SMILES string of the molecule is C=C(COc1ccc(Nc2ccccc2)cc1)C(=O)O. The molecule has 0 saturated heterocycles. The lowest BCUT2D eigenvalue weighted by Gasteiger charge is -2.09. The van der Waals surface area contributed by atoms with Gasteiger partial charge in [-0.25, -0.2) is 4.79 Å². The van der Waals surface area contributed by atoms with Crippen molar-refractivity contribution in [2.24, 2.45) is 0 Å². The highest BCUT2D eigenvalue weighted by Crippen LogP contribution is 2.20. The van der Waals surface area contributed by atoms with Crippen molar-refractivity contribution in [3.8, 4) is 5.75 Å². The lowest BCUT2D eigenvalue weighted by atomic mass is 10.2. The highest BCUT2D eigenvalue weighted by molar-refractivity contribution is 5.86. The summed E-state index contributed by atoms with van der Waals surface area (Å²) in [5, 5.41) is 11.9. The summed E-state index contributed by atoms with van der Waals surface area (Å²) in [5.41, 5.74) is 1.96. The van der Waals surface area contributed by atoms with Crippen molar-refractivity contribution in [3.05, 3.63) is 66.7 Å². The summed E-state index contributed by atoms with van der Waals surface area (Å²) < 4.78 is 5.33. The van der Waals surface area contributed by atoms with Crippen LogP contribution < -0.4 is 10.1 Å². The van der Waals surface area contributed by atoms with Gasteiger partial charge in [-0.05, 0) is 36.4 Å². The monoisotopic (exact) mass is 269 g/mol. The van der Waals surface area contributed by atoms with Crippen molar-refractivity contribution >= 4 is 17.3 Å². The van der Waals surface area contributed by atoms with E-state index in [1.54, 1.807) is 12.1 Å². The Balaban J connectivity index is 1.93. The van der Waals surface area contributed by atoms with E-state index in [1.807, 2.05) is 42.5 Å². The Kier molecular flexibility index (Phi) is 4.39. The van der Waals surface area contributed by atoms with Crippen LogP contribution in [-0.2, 0) is 4.79 Å². The van der Waals surface area contributed by atoms with Crippen LogP contribution in [-0.4, -0.2) is 17.7 Å². The number of aliphatic carboxylic acids is 1. The van der Waals surface area contributed by atoms with Gasteiger partial charge in [0.15, 0.2) is 0 Å². The molecule has 0 fully saturated rings. The van der Waals surface area contributed by atoms with E-state index in [9.17, 15) is 4.79 Å². The maximum atomic E-state index is 10.6. The molecule has 4 heteroatoms. The first-order valence-electron chi connectivity index (χ1n) is 6.11. The Morgan fingerprint density at radius 3 is 2.25 bits per heavy atom. The normalized spacial score (nSPS) is 9.80. The number of para-hydroxylation sites is 1. The number of carboxylic acid groups (broad SMARTS) is 1. The van der Waals surface area contributed by atoms with Gasteiger partial charge in [0.1, 0.15) is 12.4 Å². The number of hydrogen-bond donors (Lipinski definition) is 2. The number of rotatable bonds is 6. The van der Waals surface area contributed by atoms with Gasteiger partial charge in [0.2, 0.25) is 0 Å². The summed E-state index contributed by atoms with van der Waals surface area (Å²) in [6.07, 6.45) is 0. The van der Waals surface area contributed by atoms with Gasteiger partial charge in [0.25, 0.3) is 0 Å². The lowest BCUT2D eigenvalue weighted by Crippen LogP contribution is -2.08. The molecule has 0 aromatic heterocycles. The molecule has 102 valence electrons. The summed E-state index contributed by atoms with van der Waals surface area (Å²) >= 11 is 0. The molecular formula is C16H15NO3. The molecule has 0 radical (unpaired) electrons. The van der Waals surface area contributed by atoms with Crippen molar-refractivity contribution in [1.29, 1.82) is 0 Å². The van der Waals surface area contributed by atoms with E-state index in [2.05, 4.69) is 11.9 Å². The van der Waals surface area contributed by atoms with Crippen LogP contribution in [0.2, 0.25) is 0 Å². The van der Waals surface area contributed by atoms with E-state index in [0.717, 1.165) is 11.4 Å². The number of benzene rings is 2. The third-order valence-electron chi connectivity index (χ3n) is 2.63. The summed E-state index contributed by atoms with van der Waals surface area (Å²) in [5.74, 6) is -0.446. The highest BCUT2D eigenvalue weighted by Gasteiger charge is 2.04. The zero-order valence-corrected chi connectivity index (χ0v) is 10.9. The van der Waals surface area contributed by atoms with Crippen LogP contribution in [0.5, 0.6) is 5.75 Å². The zero-order chi connectivity index (χ0) is 14.4. The molecule has 4 nitrogen and oxygen atoms in total. The molecule has 20 heavy (non-hydrogen) atoms. The van der Waals surface area contributed by atoms with Gasteiger partial charge in [0.05, 0.1) is 5.57 Å². The molecule has 0 aliphatic heterocycles. The van der Waals surface area contributed by atoms with Gasteiger partial charge in [0, 0.05) is 11.4 Å². The fourth-order valence-corrected chi connectivity index (χ4v) is 1.55. The molecule has 0 atom stereocenters. The van der Waals surface area contributed by atoms with Gasteiger partial charge in [-0.1, -0.05) is 24.8 Å². The summed E-state index contributed by atoms with van der Waals surface area (Å²) in [7, 11) is 0. The molecule has 0 amide bonds. The van der Waals surface area contributed by atoms with E-state index >= 15 is 0 Å². The van der Waals surface area contributed by atoms with Crippen LogP contribution in [0, 0.1) is 0 Å². The minimum Gasteiger partial charge on any atom is -0.489 e. The molecule has 0 spiro atoms. The van der Waals surface area contributed by atoms with Gasteiger partial charge in [-0.2, -0.15) is 0 Å². The van der Waals surface area contributed by atoms with Gasteiger partial charge in [-0.3, -0.25) is 0 Å². The second-order valence-corrected chi connectivity index (χ2v) is 4.21. The first kappa shape index (κ1) is 13.7. The quantitative estimate of drug-likeness (QED) is 0.788. The summed E-state index contributed by atoms with van der Waals surface area (Å²) in [6, 6.07) is 17.1. The molecule has 0 saturated carbocycles. The molecular weight excluding hydrogens is 254 g/mol. The second-order valence-electron chi connectivity index (χ2n) is 4.21. The number of anilines is 2. The van der Waals surface area contributed by atoms with Gasteiger partial charge in [-0.15, -0.1) is 0 Å². The predicted octanol–water partition coefficient (Wildman–Crippen LogP) is 3.45. The molecule has 2 aromatic rings. The van der Waals surface area contributed by atoms with E-state index in [1.165, 1.54) is 0 Å². The molecule has 0 bridgehead atoms. The van der Waals surface area contributed by atoms with Crippen molar-refractivity contribution in [2.45, 2.75) is 0 Å². The molecule has 0 aliphatic carbocycles. The van der Waals surface area contributed by atoms with Crippen LogP contribution in [0.3, 0.4) is 0 Å². The van der Waals surface area contributed by atoms with Gasteiger partial charge >= 0.3 is 5.97 Å². The smallest absolute Gasteiger partial charge is 0.334 e. The maximum Gasteiger partial charge on any atom is 0.334 e. The predicted molar refractivity (Wildman–Crippen MR) is 78.4 cm³/mol. The number of hydrogen-bond acceptors (Lipinski definition) is 3. The standard InChI is InChI=1S/C16H15NO3/c1-12(16(18)19)11-20-15-9-7-14(8-10-15)17-13-5-3-2-4-6-13/h2-10,17H,1,11H2,(H,18,19). The largest absolute Gasteiger partial charge is 0.489 e. The minimum atomic E-state index is -1.05. The van der Waals surface area contributed by atoms with Gasteiger partial charge < -0.3 is 15.2 Å². The van der Waals surface area contributed by atoms with Crippen LogP contribution in [0.1, 0.15) is 0 Å². The van der Waals surface area contributed by atoms with Crippen LogP contribution in [0.15, 0.2) is 66.7 Å². The fraction of sp³-hybridized carbons (Fsp3) is 0.0625. The zero-order valence-electron chi connectivity index (χ0n) is 10.9. The summed E-state index contributed by atoms with van der Waals surface area (Å²) in [6.45, 7) is 3.38. The van der Waals surface area contributed by atoms with E-state index < -0.39 is 5.97 Å². The average Bonchev–Trinajstić information content (AvgIpc) is 2.47. The third kappa shape index (κ3) is 3.88. The fourth-order valence-electron chi connectivity index (χ4n) is 1.55. The van der Waals surface area contributed by atoms with Crippen LogP contribution in [0.4, 0.5) is 11.4 Å². The topological polar surface area (TPSA) is 58.6 Å². The highest BCUT2D eigenvalue weighted by atomic mass is 16.5. The molecule has 0 heterocycles. The first-order valence-corrected chi connectivity index (χ1v) is 6.11. The maximum absolute atomic E-state index is 10.6. The number of ether oxygens (including phenoxy) is 1. The molecule has 0 aliphatic rings.